The first-order valence-electron chi connectivity index (χ1n) is 8.76. The minimum absolute atomic E-state index is 0.372. The normalized spacial score (nSPS) is 12.0. The predicted molar refractivity (Wildman–Crippen MR) is 102 cm³/mol. The summed E-state index contributed by atoms with van der Waals surface area (Å²) in [5.74, 6) is -0.332. The van der Waals surface area contributed by atoms with E-state index in [0.29, 0.717) is 17.0 Å². The van der Waals surface area contributed by atoms with Crippen molar-refractivity contribution < 1.29 is 18.3 Å². The second-order valence-electron chi connectivity index (χ2n) is 6.25. The van der Waals surface area contributed by atoms with Crippen molar-refractivity contribution in [2.45, 2.75) is 32.8 Å². The summed E-state index contributed by atoms with van der Waals surface area (Å²) >= 11 is 0. The predicted octanol–water partition coefficient (Wildman–Crippen LogP) is 4.29. The monoisotopic (exact) mass is 369 g/mol. The van der Waals surface area contributed by atoms with Crippen LogP contribution in [0, 0.1) is 5.82 Å². The molecule has 1 aromatic heterocycles. The largest absolute Gasteiger partial charge is 0.481 e. The molecule has 0 aliphatic carbocycles. The Balaban J connectivity index is 1.76. The van der Waals surface area contributed by atoms with Crippen molar-refractivity contribution in [3.8, 4) is 5.75 Å². The van der Waals surface area contributed by atoms with Crippen LogP contribution in [0.25, 0.3) is 11.0 Å². The van der Waals surface area contributed by atoms with Crippen LogP contribution in [0.2, 0.25) is 0 Å². The van der Waals surface area contributed by atoms with Gasteiger partial charge in [-0.3, -0.25) is 4.79 Å². The molecule has 6 heteroatoms. The van der Waals surface area contributed by atoms with Crippen molar-refractivity contribution in [2.24, 2.45) is 0 Å². The number of carbonyl (C=O) groups is 1. The average molecular weight is 369 g/mol. The number of ether oxygens (including phenoxy) is 1. The third-order valence-electron chi connectivity index (χ3n) is 4.11. The maximum atomic E-state index is 12.9. The minimum atomic E-state index is -0.793. The molecule has 1 amide bonds. The number of anilines is 1. The molecule has 27 heavy (non-hydrogen) atoms. The minimum Gasteiger partial charge on any atom is -0.481 e. The lowest BCUT2D eigenvalue weighted by molar-refractivity contribution is -0.122. The van der Waals surface area contributed by atoms with Gasteiger partial charge in [0.25, 0.3) is 5.91 Å². The molecule has 5 nitrogen and oxygen atoms in total. The Morgan fingerprint density at radius 3 is 2.63 bits per heavy atom. The molecule has 0 saturated heterocycles. The Morgan fingerprint density at radius 2 is 1.93 bits per heavy atom. The van der Waals surface area contributed by atoms with E-state index in [1.54, 1.807) is 19.1 Å². The van der Waals surface area contributed by atoms with Crippen molar-refractivity contribution in [1.29, 1.82) is 0 Å². The topological polar surface area (TPSA) is 68.5 Å². The molecule has 0 aliphatic rings. The molecule has 1 atom stereocenters. The van der Waals surface area contributed by atoms with Gasteiger partial charge < -0.3 is 14.5 Å². The average Bonchev–Trinajstić information content (AvgIpc) is 2.63. The van der Waals surface area contributed by atoms with E-state index in [1.165, 1.54) is 30.3 Å². The van der Waals surface area contributed by atoms with Crippen LogP contribution in [0.5, 0.6) is 5.75 Å². The summed E-state index contributed by atoms with van der Waals surface area (Å²) in [6.45, 7) is 3.64. The van der Waals surface area contributed by atoms with Crippen LogP contribution in [-0.4, -0.2) is 12.0 Å². The van der Waals surface area contributed by atoms with Crippen molar-refractivity contribution in [3.05, 3.63) is 70.3 Å². The van der Waals surface area contributed by atoms with E-state index in [0.717, 1.165) is 23.8 Å². The molecule has 0 aliphatic heterocycles. The Hall–Kier alpha value is -3.15. The second kappa shape index (κ2) is 8.03. The number of rotatable bonds is 6. The first-order valence-corrected chi connectivity index (χ1v) is 8.76. The van der Waals surface area contributed by atoms with E-state index >= 15 is 0 Å². The molecule has 140 valence electrons. The highest BCUT2D eigenvalue weighted by Gasteiger charge is 2.16. The van der Waals surface area contributed by atoms with Gasteiger partial charge in [-0.1, -0.05) is 13.3 Å². The van der Waals surface area contributed by atoms with Crippen LogP contribution in [-0.2, 0) is 11.2 Å². The van der Waals surface area contributed by atoms with Gasteiger partial charge in [0.15, 0.2) is 6.10 Å². The van der Waals surface area contributed by atoms with Gasteiger partial charge in [-0.05, 0) is 55.3 Å². The molecule has 0 bridgehead atoms. The van der Waals surface area contributed by atoms with E-state index in [1.807, 2.05) is 13.0 Å². The first-order chi connectivity index (χ1) is 13.0. The molecule has 0 spiro atoms. The van der Waals surface area contributed by atoms with Gasteiger partial charge in [0, 0.05) is 23.2 Å². The van der Waals surface area contributed by atoms with Crippen LogP contribution in [0.1, 0.15) is 25.8 Å². The summed E-state index contributed by atoms with van der Waals surface area (Å²) in [7, 11) is 0. The van der Waals surface area contributed by atoms with Gasteiger partial charge in [-0.2, -0.15) is 0 Å². The molecule has 0 fully saturated rings. The fourth-order valence-corrected chi connectivity index (χ4v) is 2.79. The molecule has 1 heterocycles. The van der Waals surface area contributed by atoms with Gasteiger partial charge in [0.05, 0.1) is 0 Å². The number of nitrogens with one attached hydrogen (secondary N) is 1. The van der Waals surface area contributed by atoms with E-state index in [2.05, 4.69) is 5.32 Å². The van der Waals surface area contributed by atoms with Crippen molar-refractivity contribution in [3.63, 3.8) is 0 Å². The summed E-state index contributed by atoms with van der Waals surface area (Å²) in [4.78, 5) is 24.0. The zero-order valence-electron chi connectivity index (χ0n) is 15.1. The number of hydrogen-bond donors (Lipinski definition) is 1. The molecular formula is C21H20FNO4. The molecule has 0 radical (unpaired) electrons. The Labute approximate surface area is 155 Å². The number of benzene rings is 2. The molecule has 0 saturated carbocycles. The molecule has 3 rings (SSSR count). The molecule has 3 aromatic rings. The van der Waals surface area contributed by atoms with Gasteiger partial charge in [0.2, 0.25) is 0 Å². The number of amides is 1. The highest BCUT2D eigenvalue weighted by molar-refractivity contribution is 5.94. The van der Waals surface area contributed by atoms with Crippen molar-refractivity contribution in [2.75, 3.05) is 5.32 Å². The lowest BCUT2D eigenvalue weighted by Crippen LogP contribution is -2.30. The maximum absolute atomic E-state index is 12.9. The van der Waals surface area contributed by atoms with Gasteiger partial charge in [-0.25, -0.2) is 9.18 Å². The number of carbonyl (C=O) groups excluding carboxylic acids is 1. The Morgan fingerprint density at radius 1 is 1.19 bits per heavy atom. The number of aryl methyl sites for hydroxylation is 1. The lowest BCUT2D eigenvalue weighted by atomic mass is 10.1. The number of halogens is 1. The smallest absolute Gasteiger partial charge is 0.336 e. The van der Waals surface area contributed by atoms with Crippen molar-refractivity contribution in [1.82, 2.24) is 0 Å². The molecule has 1 unspecified atom stereocenters. The van der Waals surface area contributed by atoms with Crippen LogP contribution >= 0.6 is 0 Å². The summed E-state index contributed by atoms with van der Waals surface area (Å²) < 4.78 is 23.9. The molecular weight excluding hydrogens is 349 g/mol. The zero-order chi connectivity index (χ0) is 19.4. The third-order valence-corrected chi connectivity index (χ3v) is 4.11. The van der Waals surface area contributed by atoms with E-state index in [4.69, 9.17) is 9.15 Å². The summed E-state index contributed by atoms with van der Waals surface area (Å²) in [5, 5.41) is 3.51. The third kappa shape index (κ3) is 4.53. The number of hydrogen-bond acceptors (Lipinski definition) is 4. The molecule has 1 N–H and O–H groups in total. The summed E-state index contributed by atoms with van der Waals surface area (Å²) in [6.07, 6.45) is 0.897. The second-order valence-corrected chi connectivity index (χ2v) is 6.25. The quantitative estimate of drug-likeness (QED) is 0.658. The SMILES string of the molecule is CCCc1cc(=O)oc2cc(OC(C)C(=O)Nc3ccc(F)cc3)ccc12. The van der Waals surface area contributed by atoms with Crippen LogP contribution in [0.3, 0.4) is 0 Å². The van der Waals surface area contributed by atoms with Crippen molar-refractivity contribution >= 4 is 22.6 Å². The van der Waals surface area contributed by atoms with Gasteiger partial charge in [-0.15, -0.1) is 0 Å². The van der Waals surface area contributed by atoms with E-state index in [-0.39, 0.29) is 11.7 Å². The molecule has 2 aromatic carbocycles. The van der Waals surface area contributed by atoms with Gasteiger partial charge >= 0.3 is 5.63 Å². The summed E-state index contributed by atoms with van der Waals surface area (Å²) in [6, 6.07) is 12.1. The lowest BCUT2D eigenvalue weighted by Gasteiger charge is -2.15. The van der Waals surface area contributed by atoms with E-state index < -0.39 is 11.7 Å². The maximum Gasteiger partial charge on any atom is 0.336 e. The summed E-state index contributed by atoms with van der Waals surface area (Å²) in [5.41, 5.74) is 1.42. The standard InChI is InChI=1S/C21H20FNO4/c1-3-4-14-11-20(24)27-19-12-17(9-10-18(14)19)26-13(2)21(25)23-16-7-5-15(22)6-8-16/h5-13H,3-4H2,1-2H3,(H,23,25). The Bertz CT molecular complexity index is 1010. The van der Waals surface area contributed by atoms with Crippen LogP contribution < -0.4 is 15.7 Å². The first kappa shape index (κ1) is 18.6. The fraction of sp³-hybridized carbons (Fsp3) is 0.238. The van der Waals surface area contributed by atoms with Crippen LogP contribution in [0.15, 0.2) is 57.7 Å². The van der Waals surface area contributed by atoms with Crippen LogP contribution in [0.4, 0.5) is 10.1 Å². The highest BCUT2D eigenvalue weighted by atomic mass is 19.1. The number of fused-ring (bicyclic) bond motifs is 1. The fourth-order valence-electron chi connectivity index (χ4n) is 2.79. The van der Waals surface area contributed by atoms with E-state index in [9.17, 15) is 14.0 Å². The Kier molecular flexibility index (Phi) is 5.54. The highest BCUT2D eigenvalue weighted by Crippen LogP contribution is 2.24. The zero-order valence-corrected chi connectivity index (χ0v) is 15.1. The van der Waals surface area contributed by atoms with Gasteiger partial charge in [0.1, 0.15) is 17.1 Å².